The molecule has 0 aliphatic carbocycles. The van der Waals surface area contributed by atoms with Crippen molar-refractivity contribution in [3.05, 3.63) is 30.0 Å². The molecule has 112 valence electrons. The molecule has 0 saturated carbocycles. The Kier molecular flexibility index (Phi) is 3.90. The van der Waals surface area contributed by atoms with E-state index in [1.54, 1.807) is 16.6 Å². The van der Waals surface area contributed by atoms with Gasteiger partial charge in [0.2, 0.25) is 0 Å². The predicted octanol–water partition coefficient (Wildman–Crippen LogP) is 1.06. The second kappa shape index (κ2) is 5.83. The smallest absolute Gasteiger partial charge is 0.274 e. The maximum absolute atomic E-state index is 12.6. The van der Waals surface area contributed by atoms with E-state index in [0.717, 1.165) is 10.9 Å². The van der Waals surface area contributed by atoms with Gasteiger partial charge in [0, 0.05) is 26.0 Å². The predicted molar refractivity (Wildman–Crippen MR) is 78.2 cm³/mol. The third-order valence-electron chi connectivity index (χ3n) is 3.67. The number of benzene rings is 1. The fraction of sp³-hybridized carbons (Fsp3) is 0.467. The van der Waals surface area contributed by atoms with Gasteiger partial charge in [0.15, 0.2) is 5.69 Å². The molecule has 1 atom stereocenters. The summed E-state index contributed by atoms with van der Waals surface area (Å²) in [7, 11) is 3.61. The summed E-state index contributed by atoms with van der Waals surface area (Å²) in [6.07, 6.45) is -0.0670. The van der Waals surface area contributed by atoms with Crippen LogP contribution in [0.1, 0.15) is 10.5 Å². The molecule has 3 rings (SSSR count). The zero-order valence-corrected chi connectivity index (χ0v) is 12.3. The number of para-hydroxylation sites is 1. The van der Waals surface area contributed by atoms with Gasteiger partial charge in [0.05, 0.1) is 31.4 Å². The average molecular weight is 289 g/mol. The number of rotatable bonds is 3. The first-order valence-corrected chi connectivity index (χ1v) is 7.03. The Morgan fingerprint density at radius 3 is 3.00 bits per heavy atom. The second-order valence-electron chi connectivity index (χ2n) is 5.24. The third-order valence-corrected chi connectivity index (χ3v) is 3.67. The highest BCUT2D eigenvalue weighted by Crippen LogP contribution is 2.19. The second-order valence-corrected chi connectivity index (χ2v) is 5.24. The van der Waals surface area contributed by atoms with E-state index < -0.39 is 0 Å². The summed E-state index contributed by atoms with van der Waals surface area (Å²) in [6.45, 7) is 2.24. The first-order valence-electron chi connectivity index (χ1n) is 7.03. The van der Waals surface area contributed by atoms with Crippen LogP contribution in [0, 0.1) is 0 Å². The number of hydrogen-bond acceptors (Lipinski definition) is 4. The number of nitrogens with zero attached hydrogens (tertiary/aromatic N) is 3. The van der Waals surface area contributed by atoms with Crippen molar-refractivity contribution >= 4 is 16.8 Å². The number of amides is 1. The van der Waals surface area contributed by atoms with E-state index in [1.165, 1.54) is 0 Å². The maximum Gasteiger partial charge on any atom is 0.274 e. The molecule has 1 aliphatic heterocycles. The number of hydrogen-bond donors (Lipinski definition) is 0. The third kappa shape index (κ3) is 2.77. The van der Waals surface area contributed by atoms with Crippen LogP contribution in [0.3, 0.4) is 0 Å². The molecular formula is C15H19N3O3. The molecule has 2 aromatic rings. The molecule has 6 nitrogen and oxygen atoms in total. The van der Waals surface area contributed by atoms with Crippen LogP contribution in [0.25, 0.3) is 10.9 Å². The fourth-order valence-electron chi connectivity index (χ4n) is 2.58. The summed E-state index contributed by atoms with van der Waals surface area (Å²) in [4.78, 5) is 14.2. The Bertz CT molecular complexity index is 647. The number of aryl methyl sites for hydroxylation is 1. The lowest BCUT2D eigenvalue weighted by Gasteiger charge is -2.27. The van der Waals surface area contributed by atoms with Crippen LogP contribution in [0.4, 0.5) is 0 Å². The SMILES string of the molecule is CN(C[C@@H]1COCCO1)C(=O)c1nn(C)c2ccccc12. The Hall–Kier alpha value is -1.92. The summed E-state index contributed by atoms with van der Waals surface area (Å²) < 4.78 is 12.7. The molecule has 0 N–H and O–H groups in total. The minimum absolute atomic E-state index is 0.0670. The van der Waals surface area contributed by atoms with Gasteiger partial charge in [-0.1, -0.05) is 18.2 Å². The molecule has 1 fully saturated rings. The fourth-order valence-corrected chi connectivity index (χ4v) is 2.58. The average Bonchev–Trinajstić information content (AvgIpc) is 2.85. The van der Waals surface area contributed by atoms with Gasteiger partial charge in [-0.15, -0.1) is 0 Å². The highest BCUT2D eigenvalue weighted by molar-refractivity contribution is 6.04. The molecule has 21 heavy (non-hydrogen) atoms. The topological polar surface area (TPSA) is 56.6 Å². The van der Waals surface area contributed by atoms with E-state index in [4.69, 9.17) is 9.47 Å². The van der Waals surface area contributed by atoms with Gasteiger partial charge < -0.3 is 14.4 Å². The molecular weight excluding hydrogens is 270 g/mol. The Morgan fingerprint density at radius 2 is 2.24 bits per heavy atom. The van der Waals surface area contributed by atoms with E-state index in [1.807, 2.05) is 31.3 Å². The molecule has 0 spiro atoms. The van der Waals surface area contributed by atoms with Crippen molar-refractivity contribution in [3.8, 4) is 0 Å². The van der Waals surface area contributed by atoms with E-state index >= 15 is 0 Å². The van der Waals surface area contributed by atoms with Gasteiger partial charge >= 0.3 is 0 Å². The Morgan fingerprint density at radius 1 is 1.43 bits per heavy atom. The Balaban J connectivity index is 1.79. The summed E-state index contributed by atoms with van der Waals surface area (Å²) in [5, 5.41) is 5.23. The molecule has 0 radical (unpaired) electrons. The van der Waals surface area contributed by atoms with Gasteiger partial charge in [-0.2, -0.15) is 5.10 Å². The van der Waals surface area contributed by atoms with Crippen LogP contribution in [-0.2, 0) is 16.5 Å². The molecule has 1 aromatic carbocycles. The van der Waals surface area contributed by atoms with E-state index in [0.29, 0.717) is 32.1 Å². The van der Waals surface area contributed by atoms with Crippen LogP contribution in [-0.4, -0.2) is 60.1 Å². The van der Waals surface area contributed by atoms with Crippen molar-refractivity contribution < 1.29 is 14.3 Å². The highest BCUT2D eigenvalue weighted by atomic mass is 16.6. The normalized spacial score (nSPS) is 18.9. The van der Waals surface area contributed by atoms with Crippen molar-refractivity contribution in [1.82, 2.24) is 14.7 Å². The highest BCUT2D eigenvalue weighted by Gasteiger charge is 2.23. The van der Waals surface area contributed by atoms with Gasteiger partial charge in [-0.05, 0) is 6.07 Å². The van der Waals surface area contributed by atoms with E-state index in [-0.39, 0.29) is 12.0 Å². The van der Waals surface area contributed by atoms with Crippen LogP contribution in [0.2, 0.25) is 0 Å². The lowest BCUT2D eigenvalue weighted by molar-refractivity contribution is -0.0933. The zero-order valence-electron chi connectivity index (χ0n) is 12.3. The summed E-state index contributed by atoms with van der Waals surface area (Å²) in [5.74, 6) is -0.0963. The van der Waals surface area contributed by atoms with Crippen molar-refractivity contribution in [3.63, 3.8) is 0 Å². The molecule has 2 heterocycles. The van der Waals surface area contributed by atoms with Crippen LogP contribution >= 0.6 is 0 Å². The van der Waals surface area contributed by atoms with Crippen LogP contribution < -0.4 is 0 Å². The zero-order chi connectivity index (χ0) is 14.8. The van der Waals surface area contributed by atoms with Gasteiger partial charge in [-0.25, -0.2) is 0 Å². The van der Waals surface area contributed by atoms with Crippen LogP contribution in [0.5, 0.6) is 0 Å². The number of carbonyl (C=O) groups is 1. The van der Waals surface area contributed by atoms with Crippen LogP contribution in [0.15, 0.2) is 24.3 Å². The lowest BCUT2D eigenvalue weighted by Crippen LogP contribution is -2.41. The molecule has 1 aromatic heterocycles. The number of aromatic nitrogens is 2. The van der Waals surface area contributed by atoms with Crippen molar-refractivity contribution in [2.24, 2.45) is 7.05 Å². The monoisotopic (exact) mass is 289 g/mol. The minimum atomic E-state index is -0.0963. The number of carbonyl (C=O) groups excluding carboxylic acids is 1. The lowest BCUT2D eigenvalue weighted by atomic mass is 10.2. The molecule has 1 saturated heterocycles. The standard InChI is InChI=1S/C15H19N3O3/c1-17(9-11-10-20-7-8-21-11)15(19)14-12-5-3-4-6-13(12)18(2)16-14/h3-6,11H,7-10H2,1-2H3/t11-/m1/s1. The number of fused-ring (bicyclic) bond motifs is 1. The molecule has 1 amide bonds. The van der Waals surface area contributed by atoms with E-state index in [2.05, 4.69) is 5.10 Å². The molecule has 6 heteroatoms. The van der Waals surface area contributed by atoms with Crippen molar-refractivity contribution in [2.75, 3.05) is 33.4 Å². The quantitative estimate of drug-likeness (QED) is 0.848. The Labute approximate surface area is 123 Å². The van der Waals surface area contributed by atoms with Crippen molar-refractivity contribution in [2.45, 2.75) is 6.10 Å². The number of ether oxygens (including phenoxy) is 2. The van der Waals surface area contributed by atoms with Crippen molar-refractivity contribution in [1.29, 1.82) is 0 Å². The maximum atomic E-state index is 12.6. The largest absolute Gasteiger partial charge is 0.376 e. The van der Waals surface area contributed by atoms with Gasteiger partial charge in [-0.3, -0.25) is 9.48 Å². The van der Waals surface area contributed by atoms with Gasteiger partial charge in [0.1, 0.15) is 0 Å². The first-order chi connectivity index (χ1) is 10.2. The van der Waals surface area contributed by atoms with Gasteiger partial charge in [0.25, 0.3) is 5.91 Å². The summed E-state index contributed by atoms with van der Waals surface area (Å²) >= 11 is 0. The molecule has 0 unspecified atom stereocenters. The summed E-state index contributed by atoms with van der Waals surface area (Å²) in [6, 6.07) is 7.73. The molecule has 0 bridgehead atoms. The molecule has 1 aliphatic rings. The minimum Gasteiger partial charge on any atom is -0.376 e. The van der Waals surface area contributed by atoms with E-state index in [9.17, 15) is 4.79 Å². The summed E-state index contributed by atoms with van der Waals surface area (Å²) in [5.41, 5.74) is 1.43. The first kappa shape index (κ1) is 14.0. The number of likely N-dealkylation sites (N-methyl/N-ethyl adjacent to an activating group) is 1.